The fraction of sp³-hybridized carbons (Fsp3) is 0.600. The summed E-state index contributed by atoms with van der Waals surface area (Å²) in [4.78, 5) is 2.32. The summed E-state index contributed by atoms with van der Waals surface area (Å²) in [7, 11) is 3.30. The van der Waals surface area contributed by atoms with Crippen molar-refractivity contribution in [2.24, 2.45) is 0 Å². The topological polar surface area (TPSA) is 33.7 Å². The number of methoxy groups -OCH3 is 2. The summed E-state index contributed by atoms with van der Waals surface area (Å²) in [5.41, 5.74) is 1.04. The Morgan fingerprint density at radius 1 is 1.25 bits per heavy atom. The summed E-state index contributed by atoms with van der Waals surface area (Å²) in [6, 6.07) is 4.79. The SMILES string of the molecule is COc1cc(N2CCC(NC(C)C)C2)c(OC)cc1Cl. The smallest absolute Gasteiger partial charge is 0.143 e. The standard InChI is InChI=1S/C15H23ClN2O2/c1-10(2)17-11-5-6-18(9-11)13-8-14(19-3)12(16)7-15(13)20-4/h7-8,10-11,17H,5-6,9H2,1-4H3. The molecule has 1 saturated heterocycles. The minimum absolute atomic E-state index is 0.501. The van der Waals surface area contributed by atoms with Crippen molar-refractivity contribution < 1.29 is 9.47 Å². The van der Waals surface area contributed by atoms with Crippen molar-refractivity contribution in [3.63, 3.8) is 0 Å². The zero-order valence-electron chi connectivity index (χ0n) is 12.6. The quantitative estimate of drug-likeness (QED) is 0.906. The van der Waals surface area contributed by atoms with E-state index in [1.165, 1.54) is 0 Å². The predicted molar refractivity (Wildman–Crippen MR) is 83.4 cm³/mol. The van der Waals surface area contributed by atoms with E-state index < -0.39 is 0 Å². The Morgan fingerprint density at radius 3 is 2.55 bits per heavy atom. The highest BCUT2D eigenvalue weighted by Crippen LogP contribution is 2.39. The Hall–Kier alpha value is -1.13. The lowest BCUT2D eigenvalue weighted by Crippen LogP contribution is -2.37. The molecule has 0 spiro atoms. The maximum atomic E-state index is 6.15. The Morgan fingerprint density at radius 2 is 1.95 bits per heavy atom. The van der Waals surface area contributed by atoms with Crippen LogP contribution in [-0.4, -0.2) is 39.4 Å². The van der Waals surface area contributed by atoms with Gasteiger partial charge in [0.05, 0.1) is 24.9 Å². The summed E-state index contributed by atoms with van der Waals surface area (Å²) in [6.45, 7) is 6.33. The van der Waals surface area contributed by atoms with E-state index >= 15 is 0 Å². The summed E-state index contributed by atoms with van der Waals surface area (Å²) in [6.07, 6.45) is 1.13. The van der Waals surface area contributed by atoms with Crippen LogP contribution in [0.25, 0.3) is 0 Å². The van der Waals surface area contributed by atoms with Gasteiger partial charge in [-0.05, 0) is 6.42 Å². The molecule has 112 valence electrons. The van der Waals surface area contributed by atoms with E-state index in [1.807, 2.05) is 12.1 Å². The third kappa shape index (κ3) is 3.30. The minimum atomic E-state index is 0.501. The van der Waals surface area contributed by atoms with Crippen LogP contribution in [0.5, 0.6) is 11.5 Å². The van der Waals surface area contributed by atoms with E-state index in [2.05, 4.69) is 24.1 Å². The van der Waals surface area contributed by atoms with Gasteiger partial charge in [0.15, 0.2) is 0 Å². The molecule has 2 rings (SSSR count). The van der Waals surface area contributed by atoms with Crippen LogP contribution in [0.4, 0.5) is 5.69 Å². The number of rotatable bonds is 5. The Kier molecular flexibility index (Phi) is 5.00. The van der Waals surface area contributed by atoms with Crippen molar-refractivity contribution >= 4 is 17.3 Å². The Bertz CT molecular complexity index is 465. The fourth-order valence-corrected chi connectivity index (χ4v) is 2.91. The molecule has 1 heterocycles. The molecule has 1 atom stereocenters. The largest absolute Gasteiger partial charge is 0.495 e. The molecule has 1 N–H and O–H groups in total. The molecule has 0 radical (unpaired) electrons. The second-order valence-electron chi connectivity index (χ2n) is 5.41. The molecular formula is C15H23ClN2O2. The molecule has 0 saturated carbocycles. The highest BCUT2D eigenvalue weighted by atomic mass is 35.5. The number of hydrogen-bond acceptors (Lipinski definition) is 4. The van der Waals surface area contributed by atoms with Gasteiger partial charge in [-0.1, -0.05) is 25.4 Å². The predicted octanol–water partition coefficient (Wildman–Crippen LogP) is 2.93. The van der Waals surface area contributed by atoms with Crippen molar-refractivity contribution in [1.82, 2.24) is 5.32 Å². The number of nitrogens with one attached hydrogen (secondary N) is 1. The van der Waals surface area contributed by atoms with Gasteiger partial charge in [-0.3, -0.25) is 0 Å². The first kappa shape index (κ1) is 15.3. The second-order valence-corrected chi connectivity index (χ2v) is 5.82. The molecule has 5 heteroatoms. The fourth-order valence-electron chi connectivity index (χ4n) is 2.68. The van der Waals surface area contributed by atoms with E-state index in [-0.39, 0.29) is 0 Å². The van der Waals surface area contributed by atoms with E-state index in [0.29, 0.717) is 22.9 Å². The molecule has 0 aliphatic carbocycles. The number of anilines is 1. The van der Waals surface area contributed by atoms with Crippen molar-refractivity contribution in [3.8, 4) is 11.5 Å². The molecular weight excluding hydrogens is 276 g/mol. The van der Waals surface area contributed by atoms with Gasteiger partial charge in [0.25, 0.3) is 0 Å². The van der Waals surface area contributed by atoms with Crippen LogP contribution in [-0.2, 0) is 0 Å². The summed E-state index contributed by atoms with van der Waals surface area (Å²) < 4.78 is 10.8. The highest BCUT2D eigenvalue weighted by Gasteiger charge is 2.25. The molecule has 1 aromatic carbocycles. The first-order valence-corrected chi connectivity index (χ1v) is 7.35. The number of hydrogen-bond donors (Lipinski definition) is 1. The second kappa shape index (κ2) is 6.55. The summed E-state index contributed by atoms with van der Waals surface area (Å²) in [5, 5.41) is 4.15. The van der Waals surface area contributed by atoms with Gasteiger partial charge in [0.2, 0.25) is 0 Å². The van der Waals surface area contributed by atoms with E-state index in [1.54, 1.807) is 14.2 Å². The lowest BCUT2D eigenvalue weighted by Gasteiger charge is -2.23. The maximum absolute atomic E-state index is 6.15. The molecule has 1 unspecified atom stereocenters. The van der Waals surface area contributed by atoms with Crippen LogP contribution in [0.15, 0.2) is 12.1 Å². The Labute approximate surface area is 126 Å². The van der Waals surface area contributed by atoms with Crippen LogP contribution < -0.4 is 19.7 Å². The molecule has 1 aliphatic heterocycles. The molecule has 0 amide bonds. The monoisotopic (exact) mass is 298 g/mol. The number of ether oxygens (including phenoxy) is 2. The lowest BCUT2D eigenvalue weighted by atomic mass is 10.2. The van der Waals surface area contributed by atoms with Crippen molar-refractivity contribution in [1.29, 1.82) is 0 Å². The minimum Gasteiger partial charge on any atom is -0.495 e. The van der Waals surface area contributed by atoms with Gasteiger partial charge < -0.3 is 19.7 Å². The van der Waals surface area contributed by atoms with E-state index in [9.17, 15) is 0 Å². The molecule has 1 fully saturated rings. The van der Waals surface area contributed by atoms with Crippen LogP contribution in [0.3, 0.4) is 0 Å². The number of halogens is 1. The zero-order chi connectivity index (χ0) is 14.7. The maximum Gasteiger partial charge on any atom is 0.143 e. The van der Waals surface area contributed by atoms with Crippen LogP contribution in [0.1, 0.15) is 20.3 Å². The van der Waals surface area contributed by atoms with Gasteiger partial charge in [-0.2, -0.15) is 0 Å². The molecule has 0 bridgehead atoms. The molecule has 20 heavy (non-hydrogen) atoms. The Balaban J connectivity index is 2.20. The van der Waals surface area contributed by atoms with Gasteiger partial charge in [-0.25, -0.2) is 0 Å². The summed E-state index contributed by atoms with van der Waals surface area (Å²) in [5.74, 6) is 1.48. The van der Waals surface area contributed by atoms with Gasteiger partial charge >= 0.3 is 0 Å². The average molecular weight is 299 g/mol. The third-order valence-electron chi connectivity index (χ3n) is 3.55. The first-order valence-electron chi connectivity index (χ1n) is 6.97. The third-order valence-corrected chi connectivity index (χ3v) is 3.85. The van der Waals surface area contributed by atoms with E-state index in [0.717, 1.165) is 30.9 Å². The lowest BCUT2D eigenvalue weighted by molar-refractivity contribution is 0.403. The van der Waals surface area contributed by atoms with Gasteiger partial charge in [-0.15, -0.1) is 0 Å². The highest BCUT2D eigenvalue weighted by molar-refractivity contribution is 6.32. The molecule has 4 nitrogen and oxygen atoms in total. The van der Waals surface area contributed by atoms with Gasteiger partial charge in [0.1, 0.15) is 11.5 Å². The van der Waals surface area contributed by atoms with Crippen molar-refractivity contribution in [3.05, 3.63) is 17.2 Å². The molecule has 1 aromatic rings. The number of nitrogens with zero attached hydrogens (tertiary/aromatic N) is 1. The van der Waals surface area contributed by atoms with Crippen LogP contribution >= 0.6 is 11.6 Å². The van der Waals surface area contributed by atoms with Crippen molar-refractivity contribution in [2.45, 2.75) is 32.4 Å². The van der Waals surface area contributed by atoms with Crippen LogP contribution in [0.2, 0.25) is 5.02 Å². The summed E-state index contributed by atoms with van der Waals surface area (Å²) >= 11 is 6.15. The van der Waals surface area contributed by atoms with Crippen LogP contribution in [0, 0.1) is 0 Å². The van der Waals surface area contributed by atoms with Crippen molar-refractivity contribution in [2.75, 3.05) is 32.2 Å². The molecule has 0 aromatic heterocycles. The average Bonchev–Trinajstić information content (AvgIpc) is 2.85. The first-order chi connectivity index (χ1) is 9.55. The normalized spacial score (nSPS) is 18.7. The van der Waals surface area contributed by atoms with E-state index in [4.69, 9.17) is 21.1 Å². The van der Waals surface area contributed by atoms with Gasteiger partial charge in [0, 0.05) is 37.3 Å². The molecule has 1 aliphatic rings. The number of benzene rings is 1. The zero-order valence-corrected chi connectivity index (χ0v) is 13.3.